The first-order chi connectivity index (χ1) is 12.6. The van der Waals surface area contributed by atoms with Crippen molar-refractivity contribution in [2.45, 2.75) is 37.5 Å². The first-order valence-corrected chi connectivity index (χ1v) is 8.93. The molecular formula is C21H21NO4. The van der Waals surface area contributed by atoms with Gasteiger partial charge in [0, 0.05) is 19.0 Å². The molecule has 4 rings (SSSR count). The van der Waals surface area contributed by atoms with Crippen molar-refractivity contribution >= 4 is 11.9 Å². The number of carbonyl (C=O) groups excluding carboxylic acids is 1. The largest absolute Gasteiger partial charge is 0.479 e. The van der Waals surface area contributed by atoms with Gasteiger partial charge in [-0.3, -0.25) is 4.79 Å². The molecule has 0 bridgehead atoms. The van der Waals surface area contributed by atoms with Gasteiger partial charge in [-0.05, 0) is 29.5 Å². The van der Waals surface area contributed by atoms with Gasteiger partial charge >= 0.3 is 5.97 Å². The zero-order chi connectivity index (χ0) is 18.1. The number of hydrogen-bond donors (Lipinski definition) is 1. The van der Waals surface area contributed by atoms with Gasteiger partial charge in [-0.2, -0.15) is 0 Å². The highest BCUT2D eigenvalue weighted by atomic mass is 16.5. The van der Waals surface area contributed by atoms with Crippen LogP contribution < -0.4 is 0 Å². The summed E-state index contributed by atoms with van der Waals surface area (Å²) in [5.74, 6) is -0.989. The maximum absolute atomic E-state index is 13.0. The summed E-state index contributed by atoms with van der Waals surface area (Å²) in [6.07, 6.45) is -0.675. The van der Waals surface area contributed by atoms with Crippen molar-refractivity contribution in [1.29, 1.82) is 0 Å². The van der Waals surface area contributed by atoms with E-state index in [-0.39, 0.29) is 11.8 Å². The van der Waals surface area contributed by atoms with Crippen molar-refractivity contribution in [2.75, 3.05) is 6.54 Å². The van der Waals surface area contributed by atoms with Gasteiger partial charge in [-0.15, -0.1) is 0 Å². The second kappa shape index (κ2) is 6.92. The number of carbonyl (C=O) groups is 2. The standard InChI is InChI=1S/C21H21NO4/c23-20(18-10-11-19(26-18)21(24)25)22-12-15-8-4-5-9-16(15)17(13-22)14-6-2-1-3-7-14/h1-9,17-19H,10-13H2,(H,24,25)/t17?,18-,19+/m0/s1. The molecule has 2 aromatic rings. The summed E-state index contributed by atoms with van der Waals surface area (Å²) >= 11 is 0. The number of hydrogen-bond acceptors (Lipinski definition) is 3. The second-order valence-corrected chi connectivity index (χ2v) is 6.91. The number of carboxylic acids is 1. The van der Waals surface area contributed by atoms with Crippen LogP contribution in [0.15, 0.2) is 54.6 Å². The Bertz CT molecular complexity index is 820. The van der Waals surface area contributed by atoms with Gasteiger partial charge in [0.05, 0.1) is 0 Å². The molecule has 0 aliphatic carbocycles. The molecule has 0 saturated carbocycles. The van der Waals surface area contributed by atoms with Crippen molar-refractivity contribution in [3.05, 3.63) is 71.3 Å². The van der Waals surface area contributed by atoms with Gasteiger partial charge in [0.15, 0.2) is 6.10 Å². The summed E-state index contributed by atoms with van der Waals surface area (Å²) in [6, 6.07) is 18.4. The van der Waals surface area contributed by atoms with E-state index in [9.17, 15) is 9.59 Å². The third-order valence-electron chi connectivity index (χ3n) is 5.28. The van der Waals surface area contributed by atoms with E-state index in [4.69, 9.17) is 9.84 Å². The molecule has 1 amide bonds. The molecule has 2 aliphatic heterocycles. The maximum atomic E-state index is 13.0. The van der Waals surface area contributed by atoms with Crippen molar-refractivity contribution in [1.82, 2.24) is 4.90 Å². The normalized spacial score (nSPS) is 24.9. The van der Waals surface area contributed by atoms with Crippen LogP contribution in [0, 0.1) is 0 Å². The van der Waals surface area contributed by atoms with Crippen LogP contribution in [-0.2, 0) is 20.9 Å². The van der Waals surface area contributed by atoms with Gasteiger partial charge in [-0.25, -0.2) is 4.79 Å². The van der Waals surface area contributed by atoms with Crippen LogP contribution in [0.2, 0.25) is 0 Å². The monoisotopic (exact) mass is 351 g/mol. The smallest absolute Gasteiger partial charge is 0.332 e. The highest BCUT2D eigenvalue weighted by molar-refractivity contribution is 5.83. The average Bonchev–Trinajstić information content (AvgIpc) is 3.18. The molecule has 1 saturated heterocycles. The van der Waals surface area contributed by atoms with Crippen molar-refractivity contribution in [3.63, 3.8) is 0 Å². The van der Waals surface area contributed by atoms with Crippen LogP contribution in [0.25, 0.3) is 0 Å². The molecule has 26 heavy (non-hydrogen) atoms. The molecule has 1 N–H and O–H groups in total. The quantitative estimate of drug-likeness (QED) is 0.923. The SMILES string of the molecule is O=C(O)[C@H]1CC[C@@H](C(=O)N2Cc3ccccc3C(c3ccccc3)C2)O1. The second-order valence-electron chi connectivity index (χ2n) is 6.91. The molecular weight excluding hydrogens is 330 g/mol. The molecule has 5 heteroatoms. The highest BCUT2D eigenvalue weighted by Crippen LogP contribution is 2.34. The molecule has 5 nitrogen and oxygen atoms in total. The third-order valence-corrected chi connectivity index (χ3v) is 5.28. The summed E-state index contributed by atoms with van der Waals surface area (Å²) in [6.45, 7) is 1.12. The molecule has 2 heterocycles. The fourth-order valence-corrected chi connectivity index (χ4v) is 3.95. The van der Waals surface area contributed by atoms with Crippen molar-refractivity contribution < 1.29 is 19.4 Å². The van der Waals surface area contributed by atoms with E-state index < -0.39 is 18.2 Å². The average molecular weight is 351 g/mol. The molecule has 3 atom stereocenters. The fraction of sp³-hybridized carbons (Fsp3) is 0.333. The summed E-state index contributed by atoms with van der Waals surface area (Å²) in [4.78, 5) is 25.9. The summed E-state index contributed by atoms with van der Waals surface area (Å²) in [5.41, 5.74) is 3.56. The number of benzene rings is 2. The minimum absolute atomic E-state index is 0.107. The number of rotatable bonds is 3. The van der Waals surface area contributed by atoms with Crippen LogP contribution in [0.3, 0.4) is 0 Å². The molecule has 0 aromatic heterocycles. The lowest BCUT2D eigenvalue weighted by molar-refractivity contribution is -0.155. The highest BCUT2D eigenvalue weighted by Gasteiger charge is 2.39. The number of carboxylic acid groups (broad SMARTS) is 1. The fourth-order valence-electron chi connectivity index (χ4n) is 3.95. The molecule has 1 unspecified atom stereocenters. The zero-order valence-corrected chi connectivity index (χ0v) is 14.4. The number of nitrogens with zero attached hydrogens (tertiary/aromatic N) is 1. The predicted octanol–water partition coefficient (Wildman–Crippen LogP) is 2.79. The Kier molecular flexibility index (Phi) is 4.47. The molecule has 0 spiro atoms. The Morgan fingerprint density at radius 1 is 0.962 bits per heavy atom. The first kappa shape index (κ1) is 16.8. The number of fused-ring (bicyclic) bond motifs is 1. The summed E-state index contributed by atoms with van der Waals surface area (Å²) in [5, 5.41) is 9.09. The third kappa shape index (κ3) is 3.10. The van der Waals surface area contributed by atoms with Gasteiger partial charge in [0.25, 0.3) is 5.91 Å². The molecule has 1 fully saturated rings. The van der Waals surface area contributed by atoms with E-state index in [1.165, 1.54) is 11.1 Å². The van der Waals surface area contributed by atoms with Crippen LogP contribution in [-0.4, -0.2) is 40.6 Å². The maximum Gasteiger partial charge on any atom is 0.332 e. The lowest BCUT2D eigenvalue weighted by Crippen LogP contribution is -2.44. The molecule has 0 radical (unpaired) electrons. The van der Waals surface area contributed by atoms with Gasteiger partial charge in [-0.1, -0.05) is 54.6 Å². The van der Waals surface area contributed by atoms with Gasteiger partial charge in [0.2, 0.25) is 0 Å². The van der Waals surface area contributed by atoms with Crippen molar-refractivity contribution in [2.24, 2.45) is 0 Å². The Hall–Kier alpha value is -2.66. The Morgan fingerprint density at radius 2 is 1.65 bits per heavy atom. The Labute approximate surface area is 152 Å². The Morgan fingerprint density at radius 3 is 2.38 bits per heavy atom. The molecule has 2 aromatic carbocycles. The van der Waals surface area contributed by atoms with Gasteiger partial charge < -0.3 is 14.7 Å². The topological polar surface area (TPSA) is 66.8 Å². The molecule has 2 aliphatic rings. The summed E-state index contributed by atoms with van der Waals surface area (Å²) in [7, 11) is 0. The Balaban J connectivity index is 1.59. The van der Waals surface area contributed by atoms with Crippen LogP contribution in [0.4, 0.5) is 0 Å². The minimum atomic E-state index is -0.994. The van der Waals surface area contributed by atoms with Crippen LogP contribution in [0.5, 0.6) is 0 Å². The van der Waals surface area contributed by atoms with Crippen LogP contribution in [0.1, 0.15) is 35.4 Å². The number of amides is 1. The van der Waals surface area contributed by atoms with E-state index in [1.54, 1.807) is 0 Å². The number of aliphatic carboxylic acids is 1. The van der Waals surface area contributed by atoms with E-state index in [2.05, 4.69) is 24.3 Å². The van der Waals surface area contributed by atoms with Crippen molar-refractivity contribution in [3.8, 4) is 0 Å². The summed E-state index contributed by atoms with van der Waals surface area (Å²) < 4.78 is 5.48. The van der Waals surface area contributed by atoms with Gasteiger partial charge in [0.1, 0.15) is 6.10 Å². The lowest BCUT2D eigenvalue weighted by atomic mass is 9.84. The first-order valence-electron chi connectivity index (χ1n) is 8.93. The molecule has 134 valence electrons. The van der Waals surface area contributed by atoms with E-state index in [0.29, 0.717) is 25.9 Å². The van der Waals surface area contributed by atoms with Crippen LogP contribution >= 0.6 is 0 Å². The van der Waals surface area contributed by atoms with E-state index in [0.717, 1.165) is 5.56 Å². The lowest BCUT2D eigenvalue weighted by Gasteiger charge is -2.36. The number of ether oxygens (including phenoxy) is 1. The predicted molar refractivity (Wildman–Crippen MR) is 95.7 cm³/mol. The van der Waals surface area contributed by atoms with E-state index >= 15 is 0 Å². The van der Waals surface area contributed by atoms with E-state index in [1.807, 2.05) is 35.2 Å². The minimum Gasteiger partial charge on any atom is -0.479 e. The zero-order valence-electron chi connectivity index (χ0n) is 14.4.